The highest BCUT2D eigenvalue weighted by Gasteiger charge is 2.53. The summed E-state index contributed by atoms with van der Waals surface area (Å²) < 4.78 is 11.3. The van der Waals surface area contributed by atoms with Crippen LogP contribution in [0.25, 0.3) is 0 Å². The van der Waals surface area contributed by atoms with E-state index in [-0.39, 0.29) is 24.0 Å². The number of hydrogen-bond donors (Lipinski definition) is 0. The summed E-state index contributed by atoms with van der Waals surface area (Å²) in [4.78, 5) is 24.2. The number of ether oxygens (including phenoxy) is 2. The standard InChI is InChI=1S/C22H32O4/c1-12(2)7-6-8-13(3)20-18-11-25-22(24)21(18)17-10-16(17)14(4)9-19(20)26-15(5)23/h7,13-14,16-17,19-20H,6,8-11H2,1-5H3/t13-,14-,16?,17+,19-,20+/m1/s1. The third kappa shape index (κ3) is 3.89. The van der Waals surface area contributed by atoms with E-state index in [4.69, 9.17) is 9.47 Å². The van der Waals surface area contributed by atoms with Crippen molar-refractivity contribution in [3.05, 3.63) is 22.8 Å². The number of allylic oxidation sites excluding steroid dienone is 2. The Morgan fingerprint density at radius 3 is 2.69 bits per heavy atom. The molecule has 0 aromatic rings. The van der Waals surface area contributed by atoms with Gasteiger partial charge in [-0.05, 0) is 68.8 Å². The summed E-state index contributed by atoms with van der Waals surface area (Å²) in [6, 6.07) is 0. The number of hydrogen-bond acceptors (Lipinski definition) is 4. The van der Waals surface area contributed by atoms with Crippen molar-refractivity contribution in [3.8, 4) is 0 Å². The molecule has 1 heterocycles. The van der Waals surface area contributed by atoms with Crippen LogP contribution in [0.3, 0.4) is 0 Å². The van der Waals surface area contributed by atoms with Crippen molar-refractivity contribution in [2.45, 2.75) is 66.4 Å². The van der Waals surface area contributed by atoms with E-state index < -0.39 is 0 Å². The van der Waals surface area contributed by atoms with Gasteiger partial charge in [-0.1, -0.05) is 25.5 Å². The minimum Gasteiger partial charge on any atom is -0.462 e. The first kappa shape index (κ1) is 19.2. The number of cyclic esters (lactones) is 1. The first-order chi connectivity index (χ1) is 12.3. The second-order valence-corrected chi connectivity index (χ2v) is 8.74. The number of carbonyl (C=O) groups excluding carboxylic acids is 2. The van der Waals surface area contributed by atoms with Crippen LogP contribution in [0.4, 0.5) is 0 Å². The fourth-order valence-corrected chi connectivity index (χ4v) is 5.04. The molecule has 2 aliphatic carbocycles. The van der Waals surface area contributed by atoms with E-state index in [0.717, 1.165) is 36.8 Å². The van der Waals surface area contributed by atoms with E-state index in [9.17, 15) is 9.59 Å². The van der Waals surface area contributed by atoms with Gasteiger partial charge in [0, 0.05) is 18.4 Å². The lowest BCUT2D eigenvalue weighted by molar-refractivity contribution is -0.150. The number of rotatable bonds is 5. The molecule has 0 amide bonds. The molecule has 1 fully saturated rings. The van der Waals surface area contributed by atoms with E-state index >= 15 is 0 Å². The Labute approximate surface area is 157 Å². The van der Waals surface area contributed by atoms with Crippen LogP contribution in [-0.4, -0.2) is 24.6 Å². The summed E-state index contributed by atoms with van der Waals surface area (Å²) in [5, 5.41) is 0. The fraction of sp³-hybridized carbons (Fsp3) is 0.727. The van der Waals surface area contributed by atoms with E-state index in [1.165, 1.54) is 12.5 Å². The molecule has 0 aromatic heterocycles. The normalized spacial score (nSPS) is 34.0. The molecule has 144 valence electrons. The lowest BCUT2D eigenvalue weighted by Crippen LogP contribution is -2.36. The third-order valence-corrected chi connectivity index (χ3v) is 6.38. The molecule has 6 atom stereocenters. The second-order valence-electron chi connectivity index (χ2n) is 8.74. The van der Waals surface area contributed by atoms with Crippen molar-refractivity contribution in [1.82, 2.24) is 0 Å². The lowest BCUT2D eigenvalue weighted by Gasteiger charge is -2.35. The molecule has 4 nitrogen and oxygen atoms in total. The van der Waals surface area contributed by atoms with Gasteiger partial charge in [0.05, 0.1) is 0 Å². The van der Waals surface area contributed by atoms with Crippen LogP contribution in [0.15, 0.2) is 22.8 Å². The molecule has 0 spiro atoms. The zero-order valence-corrected chi connectivity index (χ0v) is 16.7. The fourth-order valence-electron chi connectivity index (χ4n) is 5.04. The van der Waals surface area contributed by atoms with Gasteiger partial charge in [0.15, 0.2) is 0 Å². The van der Waals surface area contributed by atoms with E-state index in [0.29, 0.717) is 30.3 Å². The first-order valence-corrected chi connectivity index (χ1v) is 10.00. The minimum atomic E-state index is -0.232. The highest BCUT2D eigenvalue weighted by molar-refractivity contribution is 5.93. The molecule has 26 heavy (non-hydrogen) atoms. The number of fused-ring (bicyclic) bond motifs is 2. The van der Waals surface area contributed by atoms with Crippen molar-refractivity contribution >= 4 is 11.9 Å². The molecule has 0 aromatic carbocycles. The van der Waals surface area contributed by atoms with Gasteiger partial charge >= 0.3 is 11.9 Å². The minimum absolute atomic E-state index is 0.0786. The molecular formula is C22H32O4. The maximum Gasteiger partial charge on any atom is 0.334 e. The smallest absolute Gasteiger partial charge is 0.334 e. The third-order valence-electron chi connectivity index (χ3n) is 6.38. The molecule has 1 aliphatic heterocycles. The van der Waals surface area contributed by atoms with Gasteiger partial charge in [-0.3, -0.25) is 4.79 Å². The van der Waals surface area contributed by atoms with Crippen molar-refractivity contribution in [3.63, 3.8) is 0 Å². The molecule has 0 N–H and O–H groups in total. The van der Waals surface area contributed by atoms with Crippen LogP contribution in [0.1, 0.15) is 60.3 Å². The van der Waals surface area contributed by atoms with Crippen molar-refractivity contribution in [1.29, 1.82) is 0 Å². The predicted octanol–water partition coefficient (Wildman–Crippen LogP) is 4.45. The van der Waals surface area contributed by atoms with Crippen LogP contribution in [-0.2, 0) is 19.1 Å². The van der Waals surface area contributed by atoms with Gasteiger partial charge in [0.25, 0.3) is 0 Å². The van der Waals surface area contributed by atoms with Crippen molar-refractivity contribution < 1.29 is 19.1 Å². The van der Waals surface area contributed by atoms with E-state index in [1.54, 1.807) is 0 Å². The molecule has 0 bridgehead atoms. The maximum absolute atomic E-state index is 12.4. The Morgan fingerprint density at radius 2 is 2.04 bits per heavy atom. The topological polar surface area (TPSA) is 52.6 Å². The molecule has 4 heteroatoms. The molecule has 3 rings (SSSR count). The van der Waals surface area contributed by atoms with Gasteiger partial charge in [-0.25, -0.2) is 4.79 Å². The zero-order valence-electron chi connectivity index (χ0n) is 16.7. The Balaban J connectivity index is 1.93. The number of esters is 2. The molecule has 0 radical (unpaired) electrons. The predicted molar refractivity (Wildman–Crippen MR) is 100 cm³/mol. The molecule has 1 saturated carbocycles. The van der Waals surface area contributed by atoms with Crippen LogP contribution in [0.5, 0.6) is 0 Å². The zero-order chi connectivity index (χ0) is 19.0. The Bertz CT molecular complexity index is 641. The second kappa shape index (κ2) is 7.58. The highest BCUT2D eigenvalue weighted by atomic mass is 16.5. The monoisotopic (exact) mass is 360 g/mol. The Morgan fingerprint density at radius 1 is 1.31 bits per heavy atom. The van der Waals surface area contributed by atoms with Crippen LogP contribution >= 0.6 is 0 Å². The first-order valence-electron chi connectivity index (χ1n) is 10.00. The van der Waals surface area contributed by atoms with E-state index in [2.05, 4.69) is 33.8 Å². The average Bonchev–Trinajstić information content (AvgIpc) is 3.22. The van der Waals surface area contributed by atoms with Gasteiger partial charge < -0.3 is 9.47 Å². The van der Waals surface area contributed by atoms with Gasteiger partial charge in [0.2, 0.25) is 0 Å². The molecule has 1 unspecified atom stereocenters. The van der Waals surface area contributed by atoms with Crippen LogP contribution in [0, 0.1) is 29.6 Å². The number of carbonyl (C=O) groups is 2. The van der Waals surface area contributed by atoms with Crippen molar-refractivity contribution in [2.75, 3.05) is 6.61 Å². The van der Waals surface area contributed by atoms with Crippen molar-refractivity contribution in [2.24, 2.45) is 29.6 Å². The molecule has 3 aliphatic rings. The average molecular weight is 360 g/mol. The van der Waals surface area contributed by atoms with Crippen LogP contribution in [0.2, 0.25) is 0 Å². The van der Waals surface area contributed by atoms with E-state index in [1.807, 2.05) is 0 Å². The summed E-state index contributed by atoms with van der Waals surface area (Å²) in [7, 11) is 0. The summed E-state index contributed by atoms with van der Waals surface area (Å²) in [6.07, 6.45) is 6.06. The molecule has 0 saturated heterocycles. The highest BCUT2D eigenvalue weighted by Crippen LogP contribution is 2.56. The SMILES string of the molecule is CC(=O)O[C@@H]1C[C@@H](C)C2C[C@@H]2C2=C(COC2=O)[C@@H]1[C@H](C)CCC=C(C)C. The summed E-state index contributed by atoms with van der Waals surface area (Å²) >= 11 is 0. The Hall–Kier alpha value is -1.58. The Kier molecular flexibility index (Phi) is 5.59. The largest absolute Gasteiger partial charge is 0.462 e. The van der Waals surface area contributed by atoms with Gasteiger partial charge in [-0.2, -0.15) is 0 Å². The van der Waals surface area contributed by atoms with Gasteiger partial charge in [0.1, 0.15) is 12.7 Å². The summed E-state index contributed by atoms with van der Waals surface area (Å²) in [5.74, 6) is 1.39. The lowest BCUT2D eigenvalue weighted by atomic mass is 9.73. The quantitative estimate of drug-likeness (QED) is 0.537. The molecular weight excluding hydrogens is 328 g/mol. The van der Waals surface area contributed by atoms with Gasteiger partial charge in [-0.15, -0.1) is 0 Å². The summed E-state index contributed by atoms with van der Waals surface area (Å²) in [5.41, 5.74) is 3.35. The maximum atomic E-state index is 12.4. The summed E-state index contributed by atoms with van der Waals surface area (Å²) in [6.45, 7) is 10.5. The van der Waals surface area contributed by atoms with Crippen LogP contribution < -0.4 is 0 Å².